The van der Waals surface area contributed by atoms with Crippen molar-refractivity contribution in [3.05, 3.63) is 83.4 Å². The van der Waals surface area contributed by atoms with Crippen LogP contribution in [0, 0.1) is 0 Å². The summed E-state index contributed by atoms with van der Waals surface area (Å²) in [6, 6.07) is 21.3. The lowest BCUT2D eigenvalue weighted by molar-refractivity contribution is -0.144. The van der Waals surface area contributed by atoms with Gasteiger partial charge in [-0.2, -0.15) is 0 Å². The van der Waals surface area contributed by atoms with E-state index in [1.807, 2.05) is 66.7 Å². The Kier molecular flexibility index (Phi) is 6.80. The quantitative estimate of drug-likeness (QED) is 0.358. The lowest BCUT2D eigenvalue weighted by Crippen LogP contribution is -2.18. The number of carbonyl (C=O) groups is 1. The highest BCUT2D eigenvalue weighted by molar-refractivity contribution is 5.82. The van der Waals surface area contributed by atoms with Crippen LogP contribution in [0.25, 0.3) is 0 Å². The molecule has 0 saturated heterocycles. The molecule has 4 rings (SSSR count). The van der Waals surface area contributed by atoms with E-state index in [2.05, 4.69) is 0 Å². The van der Waals surface area contributed by atoms with Gasteiger partial charge in [0.25, 0.3) is 0 Å². The van der Waals surface area contributed by atoms with Gasteiger partial charge in [-0.15, -0.1) is 0 Å². The van der Waals surface area contributed by atoms with E-state index in [1.165, 1.54) is 0 Å². The van der Waals surface area contributed by atoms with Crippen LogP contribution in [0.4, 0.5) is 0 Å². The number of aryl methyl sites for hydroxylation is 1. The van der Waals surface area contributed by atoms with Crippen LogP contribution < -0.4 is 18.9 Å². The minimum atomic E-state index is -0.461. The molecular formula is C26H26O6. The van der Waals surface area contributed by atoms with E-state index in [0.717, 1.165) is 16.7 Å². The molecule has 0 bridgehead atoms. The van der Waals surface area contributed by atoms with E-state index in [9.17, 15) is 4.79 Å². The summed E-state index contributed by atoms with van der Waals surface area (Å²) in [5.74, 6) is 1.57. The Morgan fingerprint density at radius 3 is 2.12 bits per heavy atom. The van der Waals surface area contributed by atoms with Crippen molar-refractivity contribution in [1.29, 1.82) is 0 Å². The van der Waals surface area contributed by atoms with Gasteiger partial charge in [-0.1, -0.05) is 60.7 Å². The first-order valence-electron chi connectivity index (χ1n) is 10.5. The molecule has 0 N–H and O–H groups in total. The average molecular weight is 434 g/mol. The van der Waals surface area contributed by atoms with Crippen molar-refractivity contribution < 1.29 is 28.5 Å². The summed E-state index contributed by atoms with van der Waals surface area (Å²) in [4.78, 5) is 13.0. The third kappa shape index (κ3) is 4.49. The number of benzene rings is 3. The SMILES string of the molecule is COc1c(CCCOC(=O)C(c2ccccc2)c2ccccc2)cc2c(c1OC)OCO2. The van der Waals surface area contributed by atoms with Crippen molar-refractivity contribution in [3.63, 3.8) is 0 Å². The van der Waals surface area contributed by atoms with Gasteiger partial charge < -0.3 is 23.7 Å². The highest BCUT2D eigenvalue weighted by Crippen LogP contribution is 2.49. The molecule has 0 amide bonds. The maximum atomic E-state index is 13.0. The Balaban J connectivity index is 1.44. The molecule has 6 heteroatoms. The molecule has 0 aromatic heterocycles. The molecule has 0 aliphatic carbocycles. The van der Waals surface area contributed by atoms with E-state index in [4.69, 9.17) is 23.7 Å². The van der Waals surface area contributed by atoms with Crippen LogP contribution in [0.1, 0.15) is 29.0 Å². The molecule has 0 atom stereocenters. The molecule has 0 fully saturated rings. The summed E-state index contributed by atoms with van der Waals surface area (Å²) in [6.07, 6.45) is 1.26. The van der Waals surface area contributed by atoms with Crippen molar-refractivity contribution >= 4 is 5.97 Å². The predicted octanol–water partition coefficient (Wildman–Crippen LogP) is 4.74. The minimum Gasteiger partial charge on any atom is -0.492 e. The van der Waals surface area contributed by atoms with Crippen molar-refractivity contribution in [1.82, 2.24) is 0 Å². The Morgan fingerprint density at radius 2 is 1.53 bits per heavy atom. The van der Waals surface area contributed by atoms with E-state index in [0.29, 0.717) is 35.8 Å². The molecule has 32 heavy (non-hydrogen) atoms. The number of methoxy groups -OCH3 is 2. The monoisotopic (exact) mass is 434 g/mol. The smallest absolute Gasteiger partial charge is 0.317 e. The maximum absolute atomic E-state index is 13.0. The van der Waals surface area contributed by atoms with Gasteiger partial charge in [0.2, 0.25) is 18.3 Å². The standard InChI is InChI=1S/C26H26O6/c1-28-23-20(16-21-24(25(23)29-2)32-17-31-21)14-9-15-30-26(27)22(18-10-5-3-6-11-18)19-12-7-4-8-13-19/h3-8,10-13,16,22H,9,14-15,17H2,1-2H3. The van der Waals surface area contributed by atoms with Gasteiger partial charge >= 0.3 is 5.97 Å². The van der Waals surface area contributed by atoms with E-state index in [1.54, 1.807) is 14.2 Å². The Bertz CT molecular complexity index is 1010. The van der Waals surface area contributed by atoms with Gasteiger partial charge in [0.05, 0.1) is 20.8 Å². The normalized spacial score (nSPS) is 12.0. The topological polar surface area (TPSA) is 63.2 Å². The summed E-state index contributed by atoms with van der Waals surface area (Å²) in [7, 11) is 3.16. The zero-order chi connectivity index (χ0) is 22.3. The average Bonchev–Trinajstić information content (AvgIpc) is 3.30. The Morgan fingerprint density at radius 1 is 0.906 bits per heavy atom. The Hall–Kier alpha value is -3.67. The molecule has 1 heterocycles. The third-order valence-electron chi connectivity index (χ3n) is 5.40. The molecule has 1 aliphatic rings. The van der Waals surface area contributed by atoms with Gasteiger partial charge in [0.1, 0.15) is 5.92 Å². The highest BCUT2D eigenvalue weighted by atomic mass is 16.7. The zero-order valence-electron chi connectivity index (χ0n) is 18.2. The first-order valence-corrected chi connectivity index (χ1v) is 10.5. The fourth-order valence-electron chi connectivity index (χ4n) is 3.92. The van der Waals surface area contributed by atoms with Crippen LogP contribution in [0.3, 0.4) is 0 Å². The van der Waals surface area contributed by atoms with E-state index >= 15 is 0 Å². The molecule has 0 radical (unpaired) electrons. The second-order valence-corrected chi connectivity index (χ2v) is 7.36. The van der Waals surface area contributed by atoms with Gasteiger partial charge in [-0.3, -0.25) is 4.79 Å². The number of ether oxygens (including phenoxy) is 5. The fraction of sp³-hybridized carbons (Fsp3) is 0.269. The number of esters is 1. The summed E-state index contributed by atoms with van der Waals surface area (Å²) in [6.45, 7) is 0.436. The van der Waals surface area contributed by atoms with Crippen LogP contribution in [-0.4, -0.2) is 33.6 Å². The van der Waals surface area contributed by atoms with Gasteiger partial charge in [-0.05, 0) is 30.0 Å². The van der Waals surface area contributed by atoms with Crippen LogP contribution in [0.5, 0.6) is 23.0 Å². The molecule has 3 aromatic carbocycles. The summed E-state index contributed by atoms with van der Waals surface area (Å²) >= 11 is 0. The molecule has 166 valence electrons. The Labute approximate surface area is 187 Å². The number of fused-ring (bicyclic) bond motifs is 1. The van der Waals surface area contributed by atoms with Crippen molar-refractivity contribution in [2.75, 3.05) is 27.6 Å². The first kappa shape index (κ1) is 21.6. The largest absolute Gasteiger partial charge is 0.492 e. The van der Waals surface area contributed by atoms with E-state index < -0.39 is 5.92 Å². The van der Waals surface area contributed by atoms with Crippen LogP contribution in [0.2, 0.25) is 0 Å². The van der Waals surface area contributed by atoms with E-state index in [-0.39, 0.29) is 19.4 Å². The molecular weight excluding hydrogens is 408 g/mol. The fourth-order valence-corrected chi connectivity index (χ4v) is 3.92. The zero-order valence-corrected chi connectivity index (χ0v) is 18.2. The first-order chi connectivity index (χ1) is 15.7. The number of carbonyl (C=O) groups excluding carboxylic acids is 1. The van der Waals surface area contributed by atoms with Crippen molar-refractivity contribution in [3.8, 4) is 23.0 Å². The second-order valence-electron chi connectivity index (χ2n) is 7.36. The van der Waals surface area contributed by atoms with Crippen LogP contribution in [0.15, 0.2) is 66.7 Å². The van der Waals surface area contributed by atoms with Crippen LogP contribution >= 0.6 is 0 Å². The number of rotatable bonds is 9. The maximum Gasteiger partial charge on any atom is 0.317 e. The van der Waals surface area contributed by atoms with Gasteiger partial charge in [0, 0.05) is 5.56 Å². The lowest BCUT2D eigenvalue weighted by atomic mass is 9.91. The summed E-state index contributed by atoms with van der Waals surface area (Å²) in [5.41, 5.74) is 2.73. The third-order valence-corrected chi connectivity index (χ3v) is 5.40. The van der Waals surface area contributed by atoms with Gasteiger partial charge in [-0.25, -0.2) is 0 Å². The molecule has 1 aliphatic heterocycles. The summed E-state index contributed by atoms with van der Waals surface area (Å²) < 4.78 is 27.7. The minimum absolute atomic E-state index is 0.149. The van der Waals surface area contributed by atoms with Crippen molar-refractivity contribution in [2.24, 2.45) is 0 Å². The number of hydrogen-bond donors (Lipinski definition) is 0. The molecule has 0 saturated carbocycles. The molecule has 0 spiro atoms. The highest BCUT2D eigenvalue weighted by Gasteiger charge is 2.27. The lowest BCUT2D eigenvalue weighted by Gasteiger charge is -2.17. The number of hydrogen-bond acceptors (Lipinski definition) is 6. The van der Waals surface area contributed by atoms with Gasteiger partial charge in [0.15, 0.2) is 11.5 Å². The second kappa shape index (κ2) is 10.1. The van der Waals surface area contributed by atoms with Crippen LogP contribution in [-0.2, 0) is 16.0 Å². The predicted molar refractivity (Wildman–Crippen MR) is 120 cm³/mol. The molecule has 3 aromatic rings. The molecule has 6 nitrogen and oxygen atoms in total. The molecule has 0 unspecified atom stereocenters. The summed E-state index contributed by atoms with van der Waals surface area (Å²) in [5, 5.41) is 0. The van der Waals surface area contributed by atoms with Crippen molar-refractivity contribution in [2.45, 2.75) is 18.8 Å².